The standard InChI is InChI=1S/C25H39FN2O5/c1-24(2,3)33-23(29)28-13-10-20(15-31-17-28)27-11-8-18(9-12-27)21-14-19(26)6-7-22(21)32-16-25(4,5)30/h6-7,14,18,20,30H,8-13,15-17H2,1-5H3/t20-/m0/s1. The maximum Gasteiger partial charge on any atom is 0.412 e. The van der Waals surface area contributed by atoms with Gasteiger partial charge in [0.15, 0.2) is 0 Å². The zero-order valence-electron chi connectivity index (χ0n) is 20.6. The van der Waals surface area contributed by atoms with Gasteiger partial charge in [0.05, 0.1) is 12.2 Å². The van der Waals surface area contributed by atoms with Gasteiger partial charge in [0.1, 0.15) is 30.5 Å². The SMILES string of the molecule is CC(C)(O)COc1ccc(F)cc1C1CCN([C@H]2CCN(C(=O)OC(C)(C)C)COC2)CC1. The molecule has 1 atom stereocenters. The van der Waals surface area contributed by atoms with Crippen LogP contribution in [-0.4, -0.2) is 77.8 Å². The first-order chi connectivity index (χ1) is 15.4. The van der Waals surface area contributed by atoms with Gasteiger partial charge in [-0.2, -0.15) is 0 Å². The van der Waals surface area contributed by atoms with Gasteiger partial charge in [0, 0.05) is 18.2 Å². The van der Waals surface area contributed by atoms with E-state index < -0.39 is 11.2 Å². The summed E-state index contributed by atoms with van der Waals surface area (Å²) in [5.74, 6) is 0.559. The molecule has 0 spiro atoms. The molecule has 1 aromatic rings. The van der Waals surface area contributed by atoms with Crippen molar-refractivity contribution in [1.29, 1.82) is 0 Å². The number of aliphatic hydroxyl groups is 1. The lowest BCUT2D eigenvalue weighted by Crippen LogP contribution is -2.43. The number of hydrogen-bond acceptors (Lipinski definition) is 6. The van der Waals surface area contributed by atoms with Gasteiger partial charge in [-0.3, -0.25) is 9.80 Å². The normalized spacial score (nSPS) is 21.5. The van der Waals surface area contributed by atoms with Crippen molar-refractivity contribution in [2.45, 2.75) is 77.0 Å². The number of benzene rings is 1. The van der Waals surface area contributed by atoms with Gasteiger partial charge in [-0.05, 0) is 91.1 Å². The summed E-state index contributed by atoms with van der Waals surface area (Å²) in [6.45, 7) is 12.2. The number of ether oxygens (including phenoxy) is 3. The molecule has 1 N–H and O–H groups in total. The molecule has 3 rings (SSSR count). The predicted octanol–water partition coefficient (Wildman–Crippen LogP) is 4.14. The second-order valence-electron chi connectivity index (χ2n) is 10.8. The van der Waals surface area contributed by atoms with Crippen LogP contribution in [-0.2, 0) is 9.47 Å². The molecule has 186 valence electrons. The van der Waals surface area contributed by atoms with Gasteiger partial charge >= 0.3 is 6.09 Å². The lowest BCUT2D eigenvalue weighted by atomic mass is 9.88. The van der Waals surface area contributed by atoms with E-state index >= 15 is 0 Å². The number of amides is 1. The van der Waals surface area contributed by atoms with Crippen LogP contribution in [0, 0.1) is 5.82 Å². The van der Waals surface area contributed by atoms with E-state index in [1.807, 2.05) is 20.8 Å². The van der Waals surface area contributed by atoms with Gasteiger partial charge in [-0.25, -0.2) is 9.18 Å². The molecule has 8 heteroatoms. The van der Waals surface area contributed by atoms with E-state index in [1.165, 1.54) is 6.07 Å². The molecule has 0 bridgehead atoms. The van der Waals surface area contributed by atoms with Crippen molar-refractivity contribution < 1.29 is 28.5 Å². The van der Waals surface area contributed by atoms with E-state index in [2.05, 4.69) is 4.90 Å². The quantitative estimate of drug-likeness (QED) is 0.703. The molecule has 2 heterocycles. The molecule has 2 aliphatic heterocycles. The average Bonchev–Trinajstić information content (AvgIpc) is 2.97. The first-order valence-electron chi connectivity index (χ1n) is 11.9. The molecule has 0 unspecified atom stereocenters. The summed E-state index contributed by atoms with van der Waals surface area (Å²) < 4.78 is 31.1. The summed E-state index contributed by atoms with van der Waals surface area (Å²) in [5, 5.41) is 10.00. The molecule has 1 aromatic carbocycles. The summed E-state index contributed by atoms with van der Waals surface area (Å²) in [5.41, 5.74) is -0.620. The molecular formula is C25H39FN2O5. The molecule has 2 aliphatic rings. The van der Waals surface area contributed by atoms with Crippen LogP contribution >= 0.6 is 0 Å². The van der Waals surface area contributed by atoms with Crippen LogP contribution in [0.2, 0.25) is 0 Å². The third kappa shape index (κ3) is 7.83. The van der Waals surface area contributed by atoms with E-state index in [-0.39, 0.29) is 37.2 Å². The molecule has 33 heavy (non-hydrogen) atoms. The van der Waals surface area contributed by atoms with Gasteiger partial charge in [0.2, 0.25) is 0 Å². The summed E-state index contributed by atoms with van der Waals surface area (Å²) in [6.07, 6.45) is 2.25. The van der Waals surface area contributed by atoms with Crippen LogP contribution in [0.25, 0.3) is 0 Å². The Balaban J connectivity index is 1.56. The molecule has 0 aromatic heterocycles. The number of carbonyl (C=O) groups is 1. The van der Waals surface area contributed by atoms with Crippen molar-refractivity contribution in [1.82, 2.24) is 9.80 Å². The van der Waals surface area contributed by atoms with Crippen LogP contribution in [0.3, 0.4) is 0 Å². The zero-order chi connectivity index (χ0) is 24.2. The second kappa shape index (κ2) is 10.6. The fourth-order valence-corrected chi connectivity index (χ4v) is 4.31. The van der Waals surface area contributed by atoms with E-state index in [0.717, 1.165) is 37.9 Å². The summed E-state index contributed by atoms with van der Waals surface area (Å²) >= 11 is 0. The Labute approximate surface area is 196 Å². The minimum atomic E-state index is -0.957. The number of hydrogen-bond donors (Lipinski definition) is 1. The van der Waals surface area contributed by atoms with E-state index in [4.69, 9.17) is 14.2 Å². The number of piperidine rings is 1. The van der Waals surface area contributed by atoms with Crippen molar-refractivity contribution in [3.05, 3.63) is 29.6 Å². The first kappa shape index (κ1) is 25.7. The summed E-state index contributed by atoms with van der Waals surface area (Å²) in [7, 11) is 0. The van der Waals surface area contributed by atoms with Gasteiger partial charge in [-0.1, -0.05) is 0 Å². The highest BCUT2D eigenvalue weighted by atomic mass is 19.1. The third-order valence-electron chi connectivity index (χ3n) is 5.98. The number of carbonyl (C=O) groups excluding carboxylic acids is 1. The van der Waals surface area contributed by atoms with Crippen molar-refractivity contribution in [3.63, 3.8) is 0 Å². The maximum atomic E-state index is 14.0. The van der Waals surface area contributed by atoms with E-state index in [1.54, 1.807) is 30.9 Å². The fourth-order valence-electron chi connectivity index (χ4n) is 4.31. The monoisotopic (exact) mass is 466 g/mol. The Hall–Kier alpha value is -1.90. The predicted molar refractivity (Wildman–Crippen MR) is 124 cm³/mol. The lowest BCUT2D eigenvalue weighted by Gasteiger charge is -2.37. The van der Waals surface area contributed by atoms with Crippen molar-refractivity contribution in [2.75, 3.05) is 39.6 Å². The van der Waals surface area contributed by atoms with Crippen LogP contribution in [0.15, 0.2) is 18.2 Å². The van der Waals surface area contributed by atoms with Crippen LogP contribution in [0.5, 0.6) is 5.75 Å². The van der Waals surface area contributed by atoms with Crippen molar-refractivity contribution >= 4 is 6.09 Å². The Morgan fingerprint density at radius 1 is 1.15 bits per heavy atom. The van der Waals surface area contributed by atoms with Crippen LogP contribution < -0.4 is 4.74 Å². The van der Waals surface area contributed by atoms with Gasteiger partial charge in [-0.15, -0.1) is 0 Å². The largest absolute Gasteiger partial charge is 0.490 e. The highest BCUT2D eigenvalue weighted by molar-refractivity contribution is 5.67. The van der Waals surface area contributed by atoms with E-state index in [9.17, 15) is 14.3 Å². The van der Waals surface area contributed by atoms with Crippen LogP contribution in [0.1, 0.15) is 65.4 Å². The lowest BCUT2D eigenvalue weighted by molar-refractivity contribution is -0.00969. The Bertz CT molecular complexity index is 797. The molecule has 2 fully saturated rings. The van der Waals surface area contributed by atoms with Crippen LogP contribution in [0.4, 0.5) is 9.18 Å². The third-order valence-corrected chi connectivity index (χ3v) is 5.98. The van der Waals surface area contributed by atoms with Crippen molar-refractivity contribution in [2.24, 2.45) is 0 Å². The molecule has 2 saturated heterocycles. The number of halogens is 1. The maximum absolute atomic E-state index is 14.0. The number of rotatable bonds is 5. The Morgan fingerprint density at radius 3 is 2.48 bits per heavy atom. The minimum Gasteiger partial charge on any atom is -0.490 e. The van der Waals surface area contributed by atoms with Crippen molar-refractivity contribution in [3.8, 4) is 5.75 Å². The molecule has 1 amide bonds. The zero-order valence-corrected chi connectivity index (χ0v) is 20.6. The number of likely N-dealkylation sites (tertiary alicyclic amines) is 1. The highest BCUT2D eigenvalue weighted by Gasteiger charge is 2.31. The fraction of sp³-hybridized carbons (Fsp3) is 0.720. The highest BCUT2D eigenvalue weighted by Crippen LogP contribution is 2.36. The Morgan fingerprint density at radius 2 is 1.85 bits per heavy atom. The number of nitrogens with zero attached hydrogens (tertiary/aromatic N) is 2. The molecule has 0 radical (unpaired) electrons. The molecule has 0 saturated carbocycles. The minimum absolute atomic E-state index is 0.151. The molecule has 0 aliphatic carbocycles. The second-order valence-corrected chi connectivity index (χ2v) is 10.8. The van der Waals surface area contributed by atoms with Gasteiger partial charge < -0.3 is 19.3 Å². The van der Waals surface area contributed by atoms with Gasteiger partial charge in [0.25, 0.3) is 0 Å². The topological polar surface area (TPSA) is 71.5 Å². The molecule has 7 nitrogen and oxygen atoms in total. The summed E-state index contributed by atoms with van der Waals surface area (Å²) in [4.78, 5) is 16.4. The van der Waals surface area contributed by atoms with E-state index in [0.29, 0.717) is 18.9 Å². The first-order valence-corrected chi connectivity index (χ1v) is 11.9. The average molecular weight is 467 g/mol. The smallest absolute Gasteiger partial charge is 0.412 e. The summed E-state index contributed by atoms with van der Waals surface area (Å²) in [6, 6.07) is 4.86. The Kier molecular flexibility index (Phi) is 8.24. The molecular weight excluding hydrogens is 427 g/mol.